The Morgan fingerprint density at radius 1 is 1.00 bits per heavy atom. The molecule has 0 amide bonds. The molecular weight excluding hydrogens is 443 g/mol. The zero-order chi connectivity index (χ0) is 23.8. The number of fused-ring (bicyclic) bond motifs is 5. The number of hydrogen-bond acceptors (Lipinski definition) is 6. The monoisotopic (exact) mass is 463 g/mol. The second-order valence-corrected chi connectivity index (χ2v) is 9.43. The van der Waals surface area contributed by atoms with E-state index in [4.69, 9.17) is 0 Å². The van der Waals surface area contributed by atoms with Gasteiger partial charge in [0.15, 0.2) is 5.82 Å². The minimum atomic E-state index is -0.872. The zero-order valence-electron chi connectivity index (χ0n) is 18.7. The molecule has 0 unspecified atom stereocenters. The zero-order valence-corrected chi connectivity index (χ0v) is 18.7. The molecule has 2 aliphatic carbocycles. The maximum Gasteiger partial charge on any atom is 0.252 e. The largest absolute Gasteiger partial charge is 0.252 e. The van der Waals surface area contributed by atoms with Gasteiger partial charge in [0.05, 0.1) is 34.3 Å². The summed E-state index contributed by atoms with van der Waals surface area (Å²) < 4.78 is 45.7. The Morgan fingerprint density at radius 2 is 1.76 bits per heavy atom. The molecule has 1 fully saturated rings. The second kappa shape index (κ2) is 6.91. The summed E-state index contributed by atoms with van der Waals surface area (Å²) in [6.07, 6.45) is 3.90. The summed E-state index contributed by atoms with van der Waals surface area (Å²) in [5.41, 5.74) is 0.189. The molecule has 6 rings (SSSR count). The molecule has 172 valence electrons. The van der Waals surface area contributed by atoms with E-state index < -0.39 is 28.3 Å². The van der Waals surface area contributed by atoms with Crippen LogP contribution in [-0.2, 0) is 5.41 Å². The lowest BCUT2D eigenvalue weighted by atomic mass is 9.66. The lowest BCUT2D eigenvalue weighted by molar-refractivity contribution is 0.235. The standard InChI is InChI=1S/C24H20F3N7/c1-12-29-11-30-34(12)22-28-10-17(27)21(31-22)24-8-7-14(23(24,2)3)13-9-18(32-33-20(13)24)19-15(25)5-4-6-16(19)26/h4-6,9-11,14H,7-8H2,1-3H3/t14-,24+/m0/s1. The summed E-state index contributed by atoms with van der Waals surface area (Å²) in [6, 6.07) is 5.38. The van der Waals surface area contributed by atoms with Crippen molar-refractivity contribution in [3.05, 3.63) is 77.0 Å². The van der Waals surface area contributed by atoms with Gasteiger partial charge < -0.3 is 0 Å². The first-order valence-corrected chi connectivity index (χ1v) is 11.0. The van der Waals surface area contributed by atoms with Gasteiger partial charge in [-0.1, -0.05) is 19.9 Å². The van der Waals surface area contributed by atoms with Crippen LogP contribution in [0.25, 0.3) is 17.2 Å². The number of rotatable bonds is 3. The number of benzene rings is 1. The third-order valence-corrected chi connectivity index (χ3v) is 7.64. The van der Waals surface area contributed by atoms with Gasteiger partial charge in [-0.25, -0.2) is 28.1 Å². The van der Waals surface area contributed by atoms with Crippen LogP contribution < -0.4 is 0 Å². The van der Waals surface area contributed by atoms with E-state index in [2.05, 4.69) is 44.1 Å². The Morgan fingerprint density at radius 3 is 2.47 bits per heavy atom. The molecule has 2 bridgehead atoms. The average Bonchev–Trinajstić information content (AvgIpc) is 3.40. The van der Waals surface area contributed by atoms with Crippen molar-refractivity contribution in [1.29, 1.82) is 0 Å². The van der Waals surface area contributed by atoms with Gasteiger partial charge >= 0.3 is 0 Å². The Bertz CT molecular complexity index is 1440. The van der Waals surface area contributed by atoms with Gasteiger partial charge in [-0.15, -0.1) is 5.10 Å². The van der Waals surface area contributed by atoms with Gasteiger partial charge in [0.2, 0.25) is 0 Å². The Hall–Kier alpha value is -3.69. The van der Waals surface area contributed by atoms with Crippen LogP contribution in [0.2, 0.25) is 0 Å². The lowest BCUT2D eigenvalue weighted by Gasteiger charge is -2.37. The van der Waals surface area contributed by atoms with E-state index in [-0.39, 0.29) is 28.8 Å². The first kappa shape index (κ1) is 20.9. The number of aromatic nitrogens is 7. The molecule has 34 heavy (non-hydrogen) atoms. The Balaban J connectivity index is 1.57. The molecule has 10 heteroatoms. The predicted octanol–water partition coefficient (Wildman–Crippen LogP) is 4.44. The van der Waals surface area contributed by atoms with E-state index in [0.29, 0.717) is 17.9 Å². The number of hydrogen-bond donors (Lipinski definition) is 0. The summed E-state index contributed by atoms with van der Waals surface area (Å²) in [5, 5.41) is 12.8. The number of aryl methyl sites for hydroxylation is 1. The average molecular weight is 463 g/mol. The fourth-order valence-electron chi connectivity index (χ4n) is 5.97. The quantitative estimate of drug-likeness (QED) is 0.447. The van der Waals surface area contributed by atoms with Crippen LogP contribution in [0.4, 0.5) is 13.2 Å². The third-order valence-electron chi connectivity index (χ3n) is 7.64. The summed E-state index contributed by atoms with van der Waals surface area (Å²) in [6.45, 7) is 5.86. The topological polar surface area (TPSA) is 82.3 Å². The van der Waals surface area contributed by atoms with Crippen molar-refractivity contribution in [2.24, 2.45) is 5.41 Å². The molecule has 0 radical (unpaired) electrons. The lowest BCUT2D eigenvalue weighted by Crippen LogP contribution is -2.39. The van der Waals surface area contributed by atoms with E-state index in [1.54, 1.807) is 13.0 Å². The minimum Gasteiger partial charge on any atom is -0.220 e. The third kappa shape index (κ3) is 2.53. The number of halogens is 3. The maximum atomic E-state index is 15.4. The van der Waals surface area contributed by atoms with Crippen molar-refractivity contribution < 1.29 is 13.2 Å². The second-order valence-electron chi connectivity index (χ2n) is 9.43. The van der Waals surface area contributed by atoms with Crippen LogP contribution in [0.3, 0.4) is 0 Å². The molecule has 0 saturated heterocycles. The highest BCUT2D eigenvalue weighted by atomic mass is 19.1. The predicted molar refractivity (Wildman–Crippen MR) is 116 cm³/mol. The van der Waals surface area contributed by atoms with Gasteiger partial charge in [-0.2, -0.15) is 14.9 Å². The normalized spacial score (nSPS) is 22.2. The highest BCUT2D eigenvalue weighted by molar-refractivity contribution is 5.64. The van der Waals surface area contributed by atoms with E-state index in [0.717, 1.165) is 18.2 Å². The van der Waals surface area contributed by atoms with Crippen molar-refractivity contribution in [1.82, 2.24) is 34.9 Å². The molecule has 1 aromatic carbocycles. The SMILES string of the molecule is Cc1ncnn1-c1ncc(F)c([C@@]23CC[C@@H](c4cc(-c5c(F)cccc5F)nnc42)C3(C)C)n1. The fourth-order valence-corrected chi connectivity index (χ4v) is 5.97. The molecule has 2 aliphatic rings. The van der Waals surface area contributed by atoms with Gasteiger partial charge in [0, 0.05) is 0 Å². The van der Waals surface area contributed by atoms with Gasteiger partial charge in [-0.3, -0.25) is 0 Å². The molecule has 4 aromatic rings. The molecular formula is C24H20F3N7. The fraction of sp³-hybridized carbons (Fsp3) is 0.333. The van der Waals surface area contributed by atoms with Crippen LogP contribution in [0.1, 0.15) is 55.4 Å². The number of nitrogens with zero attached hydrogens (tertiary/aromatic N) is 7. The minimum absolute atomic E-state index is 0.00231. The molecule has 2 atom stereocenters. The summed E-state index contributed by atoms with van der Waals surface area (Å²) in [7, 11) is 0. The van der Waals surface area contributed by atoms with Crippen LogP contribution in [-0.4, -0.2) is 34.9 Å². The first-order chi connectivity index (χ1) is 16.3. The van der Waals surface area contributed by atoms with Crippen LogP contribution in [0.5, 0.6) is 0 Å². The maximum absolute atomic E-state index is 15.4. The highest BCUT2D eigenvalue weighted by Gasteiger charge is 2.66. The highest BCUT2D eigenvalue weighted by Crippen LogP contribution is 2.69. The molecule has 3 heterocycles. The van der Waals surface area contributed by atoms with Crippen molar-refractivity contribution in [2.75, 3.05) is 0 Å². The van der Waals surface area contributed by atoms with Crippen molar-refractivity contribution >= 4 is 0 Å². The van der Waals surface area contributed by atoms with Crippen LogP contribution in [0.15, 0.2) is 36.8 Å². The summed E-state index contributed by atoms with van der Waals surface area (Å²) >= 11 is 0. The summed E-state index contributed by atoms with van der Waals surface area (Å²) in [5.74, 6) is -1.18. The molecule has 1 saturated carbocycles. The molecule has 7 nitrogen and oxygen atoms in total. The van der Waals surface area contributed by atoms with Crippen molar-refractivity contribution in [2.45, 2.75) is 44.9 Å². The Labute approximate surface area is 193 Å². The molecule has 3 aromatic heterocycles. The molecule has 0 N–H and O–H groups in total. The van der Waals surface area contributed by atoms with Gasteiger partial charge in [0.1, 0.15) is 23.8 Å². The van der Waals surface area contributed by atoms with Crippen LogP contribution >= 0.6 is 0 Å². The van der Waals surface area contributed by atoms with Crippen LogP contribution in [0, 0.1) is 29.8 Å². The van der Waals surface area contributed by atoms with E-state index in [9.17, 15) is 8.78 Å². The molecule has 0 spiro atoms. The van der Waals surface area contributed by atoms with E-state index in [1.165, 1.54) is 29.2 Å². The first-order valence-electron chi connectivity index (χ1n) is 11.0. The van der Waals surface area contributed by atoms with Gasteiger partial charge in [0.25, 0.3) is 5.95 Å². The Kier molecular flexibility index (Phi) is 4.24. The smallest absolute Gasteiger partial charge is 0.220 e. The van der Waals surface area contributed by atoms with Crippen molar-refractivity contribution in [3.8, 4) is 17.2 Å². The van der Waals surface area contributed by atoms with E-state index in [1.807, 2.05) is 0 Å². The molecule has 0 aliphatic heterocycles. The summed E-state index contributed by atoms with van der Waals surface area (Å²) in [4.78, 5) is 12.8. The van der Waals surface area contributed by atoms with Gasteiger partial charge in [-0.05, 0) is 54.9 Å². The van der Waals surface area contributed by atoms with Crippen molar-refractivity contribution in [3.63, 3.8) is 0 Å². The van der Waals surface area contributed by atoms with E-state index >= 15 is 4.39 Å².